The van der Waals surface area contributed by atoms with Crippen LogP contribution in [0.25, 0.3) is 0 Å². The highest BCUT2D eigenvalue weighted by Gasteiger charge is 2.39. The van der Waals surface area contributed by atoms with Gasteiger partial charge >= 0.3 is 5.97 Å². The van der Waals surface area contributed by atoms with Gasteiger partial charge in [-0.05, 0) is 31.0 Å². The molecule has 1 atom stereocenters. The van der Waals surface area contributed by atoms with Crippen molar-refractivity contribution < 1.29 is 19.1 Å². The van der Waals surface area contributed by atoms with Crippen LogP contribution < -0.4 is 5.32 Å². The Kier molecular flexibility index (Phi) is 6.14. The van der Waals surface area contributed by atoms with Crippen molar-refractivity contribution in [1.29, 1.82) is 0 Å². The Bertz CT molecular complexity index is 688. The Morgan fingerprint density at radius 2 is 2.00 bits per heavy atom. The number of hydrogen-bond acceptors (Lipinski definition) is 4. The van der Waals surface area contributed by atoms with Gasteiger partial charge in [0.15, 0.2) is 6.61 Å². The van der Waals surface area contributed by atoms with Crippen molar-refractivity contribution in [2.75, 3.05) is 18.5 Å². The van der Waals surface area contributed by atoms with Gasteiger partial charge in [-0.2, -0.15) is 0 Å². The van der Waals surface area contributed by atoms with Crippen LogP contribution in [-0.2, 0) is 19.1 Å². The van der Waals surface area contributed by atoms with Crippen LogP contribution >= 0.6 is 11.6 Å². The van der Waals surface area contributed by atoms with Crippen molar-refractivity contribution in [3.63, 3.8) is 0 Å². The van der Waals surface area contributed by atoms with E-state index in [1.54, 1.807) is 24.3 Å². The van der Waals surface area contributed by atoms with E-state index in [0.29, 0.717) is 17.3 Å². The zero-order valence-electron chi connectivity index (χ0n) is 14.6. The molecule has 1 aliphatic carbocycles. The molecule has 1 heterocycles. The summed E-state index contributed by atoms with van der Waals surface area (Å²) in [5.74, 6) is -1.39. The number of ether oxygens (including phenoxy) is 1. The summed E-state index contributed by atoms with van der Waals surface area (Å²) in [4.78, 5) is 38.2. The first kappa shape index (κ1) is 18.7. The molecule has 7 heteroatoms. The molecular weight excluding hydrogens is 356 g/mol. The normalized spacial score (nSPS) is 20.9. The zero-order valence-corrected chi connectivity index (χ0v) is 15.3. The monoisotopic (exact) mass is 378 g/mol. The average molecular weight is 379 g/mol. The number of halogens is 1. The lowest BCUT2D eigenvalue weighted by molar-refractivity contribution is -0.151. The van der Waals surface area contributed by atoms with E-state index in [2.05, 4.69) is 5.32 Å². The van der Waals surface area contributed by atoms with Gasteiger partial charge in [0.1, 0.15) is 0 Å². The Hall–Kier alpha value is -2.08. The summed E-state index contributed by atoms with van der Waals surface area (Å²) in [6.07, 6.45) is 5.67. The van der Waals surface area contributed by atoms with Crippen molar-refractivity contribution in [2.45, 2.75) is 44.6 Å². The van der Waals surface area contributed by atoms with Gasteiger partial charge in [-0.25, -0.2) is 0 Å². The van der Waals surface area contributed by atoms with Gasteiger partial charge in [-0.15, -0.1) is 0 Å². The molecule has 1 saturated heterocycles. The Morgan fingerprint density at radius 1 is 1.23 bits per heavy atom. The van der Waals surface area contributed by atoms with Crippen LogP contribution in [0.4, 0.5) is 5.69 Å². The third-order valence-electron chi connectivity index (χ3n) is 4.96. The summed E-state index contributed by atoms with van der Waals surface area (Å²) in [5.41, 5.74) is 0.540. The topological polar surface area (TPSA) is 75.7 Å². The molecule has 2 fully saturated rings. The molecule has 0 bridgehead atoms. The van der Waals surface area contributed by atoms with Crippen LogP contribution in [0.2, 0.25) is 5.02 Å². The van der Waals surface area contributed by atoms with Crippen LogP contribution in [0.1, 0.15) is 38.5 Å². The standard InChI is InChI=1S/C19H23ClN2O4/c20-14-5-4-6-15(10-14)21-17(23)12-26-19(25)13-9-18(24)22(11-13)16-7-2-1-3-8-16/h4-6,10,13,16H,1-3,7-9,11-12H2,(H,21,23)/t13-/m1/s1. The molecule has 0 spiro atoms. The van der Waals surface area contributed by atoms with E-state index < -0.39 is 17.8 Å². The van der Waals surface area contributed by atoms with Gasteiger partial charge in [-0.1, -0.05) is 36.9 Å². The van der Waals surface area contributed by atoms with Gasteiger partial charge < -0.3 is 15.0 Å². The highest BCUT2D eigenvalue weighted by atomic mass is 35.5. The molecule has 1 N–H and O–H groups in total. The second kappa shape index (κ2) is 8.54. The first-order valence-electron chi connectivity index (χ1n) is 9.04. The summed E-state index contributed by atoms with van der Waals surface area (Å²) >= 11 is 5.86. The van der Waals surface area contributed by atoms with E-state index in [1.165, 1.54) is 6.42 Å². The van der Waals surface area contributed by atoms with E-state index in [0.717, 1.165) is 25.7 Å². The maximum Gasteiger partial charge on any atom is 0.311 e. The minimum Gasteiger partial charge on any atom is -0.455 e. The molecule has 26 heavy (non-hydrogen) atoms. The van der Waals surface area contributed by atoms with Crippen molar-refractivity contribution in [2.24, 2.45) is 5.92 Å². The van der Waals surface area contributed by atoms with Gasteiger partial charge in [-0.3, -0.25) is 14.4 Å². The third-order valence-corrected chi connectivity index (χ3v) is 5.20. The number of anilines is 1. The van der Waals surface area contributed by atoms with Crippen molar-refractivity contribution in [3.8, 4) is 0 Å². The fourth-order valence-electron chi connectivity index (χ4n) is 3.65. The number of likely N-dealkylation sites (tertiary alicyclic amines) is 1. The third kappa shape index (κ3) is 4.75. The van der Waals surface area contributed by atoms with E-state index in [-0.39, 0.29) is 25.0 Å². The summed E-state index contributed by atoms with van der Waals surface area (Å²) < 4.78 is 5.11. The molecule has 140 valence electrons. The second-order valence-electron chi connectivity index (χ2n) is 6.91. The van der Waals surface area contributed by atoms with Crippen LogP contribution in [0.5, 0.6) is 0 Å². The number of nitrogens with zero attached hydrogens (tertiary/aromatic N) is 1. The van der Waals surface area contributed by atoms with Gasteiger partial charge in [0.2, 0.25) is 5.91 Å². The lowest BCUT2D eigenvalue weighted by Crippen LogP contribution is -2.38. The molecular formula is C19H23ClN2O4. The van der Waals surface area contributed by atoms with E-state index in [9.17, 15) is 14.4 Å². The molecule has 3 rings (SSSR count). The molecule has 0 aromatic heterocycles. The molecule has 1 aromatic carbocycles. The van der Waals surface area contributed by atoms with Crippen molar-refractivity contribution in [3.05, 3.63) is 29.3 Å². The molecule has 6 nitrogen and oxygen atoms in total. The smallest absolute Gasteiger partial charge is 0.311 e. The number of carbonyl (C=O) groups excluding carboxylic acids is 3. The summed E-state index contributed by atoms with van der Waals surface area (Å²) in [7, 11) is 0. The molecule has 0 unspecified atom stereocenters. The van der Waals surface area contributed by atoms with Crippen LogP contribution in [0.15, 0.2) is 24.3 Å². The number of hydrogen-bond donors (Lipinski definition) is 1. The predicted molar refractivity (Wildman–Crippen MR) is 97.7 cm³/mol. The highest BCUT2D eigenvalue weighted by molar-refractivity contribution is 6.30. The lowest BCUT2D eigenvalue weighted by atomic mass is 9.94. The molecule has 1 aliphatic heterocycles. The number of nitrogens with one attached hydrogen (secondary N) is 1. The summed E-state index contributed by atoms with van der Waals surface area (Å²) in [6, 6.07) is 6.97. The quantitative estimate of drug-likeness (QED) is 0.799. The minimum atomic E-state index is -0.488. The van der Waals surface area contributed by atoms with Gasteiger partial charge in [0, 0.05) is 29.7 Å². The molecule has 2 amide bonds. The van der Waals surface area contributed by atoms with Crippen LogP contribution in [0.3, 0.4) is 0 Å². The Morgan fingerprint density at radius 3 is 2.73 bits per heavy atom. The maximum atomic E-state index is 12.2. The average Bonchev–Trinajstić information content (AvgIpc) is 3.02. The van der Waals surface area contributed by atoms with E-state index >= 15 is 0 Å². The maximum absolute atomic E-state index is 12.2. The first-order valence-corrected chi connectivity index (χ1v) is 9.42. The second-order valence-corrected chi connectivity index (χ2v) is 7.34. The number of carbonyl (C=O) groups is 3. The van der Waals surface area contributed by atoms with Gasteiger partial charge in [0.05, 0.1) is 5.92 Å². The van der Waals surface area contributed by atoms with E-state index in [4.69, 9.17) is 16.3 Å². The minimum absolute atomic E-state index is 0.0160. The number of esters is 1. The Balaban J connectivity index is 1.46. The van der Waals surface area contributed by atoms with Crippen molar-refractivity contribution >= 4 is 35.1 Å². The summed E-state index contributed by atoms with van der Waals surface area (Å²) in [5, 5.41) is 3.13. The molecule has 2 aliphatic rings. The first-order chi connectivity index (χ1) is 12.5. The lowest BCUT2D eigenvalue weighted by Gasteiger charge is -2.31. The number of rotatable bonds is 5. The zero-order chi connectivity index (χ0) is 18.5. The molecule has 1 aromatic rings. The number of amides is 2. The largest absolute Gasteiger partial charge is 0.455 e. The van der Waals surface area contributed by atoms with Crippen LogP contribution in [-0.4, -0.2) is 41.9 Å². The highest BCUT2D eigenvalue weighted by Crippen LogP contribution is 2.29. The fourth-order valence-corrected chi connectivity index (χ4v) is 3.84. The van der Waals surface area contributed by atoms with E-state index in [1.807, 2.05) is 4.90 Å². The fraction of sp³-hybridized carbons (Fsp3) is 0.526. The van der Waals surface area contributed by atoms with Crippen LogP contribution in [0, 0.1) is 5.92 Å². The molecule has 1 saturated carbocycles. The van der Waals surface area contributed by atoms with Crippen molar-refractivity contribution in [1.82, 2.24) is 4.90 Å². The molecule has 0 radical (unpaired) electrons. The number of benzene rings is 1. The Labute approximate surface area is 157 Å². The summed E-state index contributed by atoms with van der Waals surface area (Å²) in [6.45, 7) is 0.0255. The van der Waals surface area contributed by atoms with Gasteiger partial charge in [0.25, 0.3) is 5.91 Å². The predicted octanol–water partition coefficient (Wildman–Crippen LogP) is 3.00. The SMILES string of the molecule is O=C(COC(=O)[C@@H]1CC(=O)N(C2CCCCC2)C1)Nc1cccc(Cl)c1.